The zero-order valence-electron chi connectivity index (χ0n) is 13.5. The number of aliphatic hydroxyl groups is 1. The number of nitrogens with zero attached hydrogens (tertiary/aromatic N) is 1. The molecule has 3 nitrogen and oxygen atoms in total. The van der Waals surface area contributed by atoms with Gasteiger partial charge in [0, 0.05) is 19.2 Å². The summed E-state index contributed by atoms with van der Waals surface area (Å²) in [5, 5.41) is 12.6. The average Bonchev–Trinajstić information content (AvgIpc) is 2.49. The molecule has 0 radical (unpaired) electrons. The molecular weight excluding hydrogens is 260 g/mol. The minimum Gasteiger partial charge on any atom is -0.396 e. The molecule has 21 heavy (non-hydrogen) atoms. The Morgan fingerprint density at radius 1 is 1.43 bits per heavy atom. The van der Waals surface area contributed by atoms with Crippen LogP contribution in [0.25, 0.3) is 0 Å². The molecule has 0 amide bonds. The van der Waals surface area contributed by atoms with Crippen molar-refractivity contribution in [3.63, 3.8) is 0 Å². The fourth-order valence-electron chi connectivity index (χ4n) is 3.45. The first-order valence-corrected chi connectivity index (χ1v) is 8.30. The molecule has 0 bridgehead atoms. The summed E-state index contributed by atoms with van der Waals surface area (Å²) < 4.78 is 0. The maximum Gasteiger partial charge on any atom is 0.0434 e. The predicted molar refractivity (Wildman–Crippen MR) is 88.5 cm³/mol. The highest BCUT2D eigenvalue weighted by Crippen LogP contribution is 2.22. The highest BCUT2D eigenvalue weighted by Gasteiger charge is 2.20. The lowest BCUT2D eigenvalue weighted by Gasteiger charge is -2.33. The van der Waals surface area contributed by atoms with Crippen LogP contribution in [0.1, 0.15) is 42.9 Å². The number of aryl methyl sites for hydroxylation is 1. The molecule has 0 aliphatic carbocycles. The second-order valence-corrected chi connectivity index (χ2v) is 6.37. The molecule has 1 aliphatic heterocycles. The SMILES string of the molecule is CNC(CCN1CCCC(CCO)C1)c1cccc(C)c1. The van der Waals surface area contributed by atoms with Crippen LogP contribution in [0.15, 0.2) is 24.3 Å². The zero-order valence-corrected chi connectivity index (χ0v) is 13.5. The van der Waals surface area contributed by atoms with Crippen molar-refractivity contribution in [2.24, 2.45) is 5.92 Å². The molecule has 1 fully saturated rings. The Hall–Kier alpha value is -0.900. The molecule has 0 spiro atoms. The summed E-state index contributed by atoms with van der Waals surface area (Å²) in [6, 6.07) is 9.24. The Balaban J connectivity index is 1.85. The third kappa shape index (κ3) is 5.10. The predicted octanol–water partition coefficient (Wildman–Crippen LogP) is 2.74. The zero-order chi connectivity index (χ0) is 15.1. The molecule has 1 aromatic carbocycles. The lowest BCUT2D eigenvalue weighted by Crippen LogP contribution is -2.37. The van der Waals surface area contributed by atoms with Crippen molar-refractivity contribution < 1.29 is 5.11 Å². The van der Waals surface area contributed by atoms with Crippen LogP contribution < -0.4 is 5.32 Å². The standard InChI is InChI=1S/C18H30N2O/c1-15-5-3-7-17(13-15)18(19-2)8-11-20-10-4-6-16(14-20)9-12-21/h3,5,7,13,16,18-19,21H,4,6,8-12,14H2,1-2H3. The van der Waals surface area contributed by atoms with Crippen molar-refractivity contribution in [2.75, 3.05) is 33.3 Å². The average molecular weight is 290 g/mol. The van der Waals surface area contributed by atoms with E-state index >= 15 is 0 Å². The van der Waals surface area contributed by atoms with Gasteiger partial charge in [-0.1, -0.05) is 29.8 Å². The van der Waals surface area contributed by atoms with Crippen molar-refractivity contribution >= 4 is 0 Å². The lowest BCUT2D eigenvalue weighted by atomic mass is 9.94. The molecule has 0 aromatic heterocycles. The Bertz CT molecular complexity index is 419. The fraction of sp³-hybridized carbons (Fsp3) is 0.667. The molecule has 1 saturated heterocycles. The third-order valence-electron chi connectivity index (χ3n) is 4.67. The van der Waals surface area contributed by atoms with Crippen LogP contribution >= 0.6 is 0 Å². The summed E-state index contributed by atoms with van der Waals surface area (Å²) >= 11 is 0. The normalized spacial score (nSPS) is 21.4. The minimum atomic E-state index is 0.334. The van der Waals surface area contributed by atoms with Gasteiger partial charge in [-0.2, -0.15) is 0 Å². The Labute approximate surface area is 129 Å². The first-order valence-electron chi connectivity index (χ1n) is 8.30. The van der Waals surface area contributed by atoms with Gasteiger partial charge >= 0.3 is 0 Å². The molecule has 1 aromatic rings. The van der Waals surface area contributed by atoms with Crippen molar-refractivity contribution in [1.82, 2.24) is 10.2 Å². The first kappa shape index (κ1) is 16.5. The van der Waals surface area contributed by atoms with Gasteiger partial charge in [-0.05, 0) is 64.2 Å². The number of hydrogen-bond donors (Lipinski definition) is 2. The summed E-state index contributed by atoms with van der Waals surface area (Å²) in [4.78, 5) is 2.57. The molecule has 3 heteroatoms. The van der Waals surface area contributed by atoms with E-state index in [4.69, 9.17) is 5.11 Å². The summed E-state index contributed by atoms with van der Waals surface area (Å²) in [5.41, 5.74) is 2.72. The summed E-state index contributed by atoms with van der Waals surface area (Å²) in [6.45, 7) is 6.00. The van der Waals surface area contributed by atoms with E-state index in [0.717, 1.165) is 25.9 Å². The fourth-order valence-corrected chi connectivity index (χ4v) is 3.45. The number of hydrogen-bond acceptors (Lipinski definition) is 3. The second-order valence-electron chi connectivity index (χ2n) is 6.37. The van der Waals surface area contributed by atoms with Crippen molar-refractivity contribution in [1.29, 1.82) is 0 Å². The Kier molecular flexibility index (Phi) is 6.68. The van der Waals surface area contributed by atoms with E-state index < -0.39 is 0 Å². The van der Waals surface area contributed by atoms with E-state index in [9.17, 15) is 0 Å². The van der Waals surface area contributed by atoms with E-state index in [1.165, 1.54) is 30.5 Å². The molecule has 1 aliphatic rings. The highest BCUT2D eigenvalue weighted by atomic mass is 16.3. The molecule has 1 heterocycles. The van der Waals surface area contributed by atoms with Crippen LogP contribution in [0, 0.1) is 12.8 Å². The van der Waals surface area contributed by atoms with Crippen LogP contribution in [-0.4, -0.2) is 43.3 Å². The van der Waals surface area contributed by atoms with E-state index in [0.29, 0.717) is 18.6 Å². The minimum absolute atomic E-state index is 0.334. The van der Waals surface area contributed by atoms with Crippen LogP contribution in [0.2, 0.25) is 0 Å². The van der Waals surface area contributed by atoms with Gasteiger partial charge in [0.1, 0.15) is 0 Å². The topological polar surface area (TPSA) is 35.5 Å². The second kappa shape index (κ2) is 8.52. The van der Waals surface area contributed by atoms with E-state index in [2.05, 4.69) is 48.5 Å². The first-order chi connectivity index (χ1) is 10.2. The van der Waals surface area contributed by atoms with Gasteiger partial charge in [0.2, 0.25) is 0 Å². The maximum atomic E-state index is 9.11. The number of nitrogens with one attached hydrogen (secondary N) is 1. The largest absolute Gasteiger partial charge is 0.396 e. The van der Waals surface area contributed by atoms with Crippen LogP contribution in [-0.2, 0) is 0 Å². The van der Waals surface area contributed by atoms with Gasteiger partial charge in [-0.25, -0.2) is 0 Å². The van der Waals surface area contributed by atoms with E-state index in [-0.39, 0.29) is 0 Å². The highest BCUT2D eigenvalue weighted by molar-refractivity contribution is 5.25. The van der Waals surface area contributed by atoms with Crippen LogP contribution in [0.5, 0.6) is 0 Å². The van der Waals surface area contributed by atoms with Gasteiger partial charge < -0.3 is 15.3 Å². The number of benzene rings is 1. The van der Waals surface area contributed by atoms with Gasteiger partial charge in [-0.3, -0.25) is 0 Å². The van der Waals surface area contributed by atoms with Crippen molar-refractivity contribution in [3.05, 3.63) is 35.4 Å². The van der Waals surface area contributed by atoms with Gasteiger partial charge in [0.25, 0.3) is 0 Å². The molecule has 0 saturated carbocycles. The molecule has 118 valence electrons. The number of aliphatic hydroxyl groups excluding tert-OH is 1. The maximum absolute atomic E-state index is 9.11. The molecular formula is C18H30N2O. The number of likely N-dealkylation sites (tertiary alicyclic amines) is 1. The van der Waals surface area contributed by atoms with Crippen molar-refractivity contribution in [2.45, 2.75) is 38.6 Å². The van der Waals surface area contributed by atoms with E-state index in [1.54, 1.807) is 0 Å². The van der Waals surface area contributed by atoms with Gasteiger partial charge in [-0.15, -0.1) is 0 Å². The number of rotatable bonds is 7. The monoisotopic (exact) mass is 290 g/mol. The van der Waals surface area contributed by atoms with Gasteiger partial charge in [0.05, 0.1) is 0 Å². The van der Waals surface area contributed by atoms with Crippen LogP contribution in [0.3, 0.4) is 0 Å². The van der Waals surface area contributed by atoms with Gasteiger partial charge in [0.15, 0.2) is 0 Å². The quantitative estimate of drug-likeness (QED) is 0.810. The molecule has 2 atom stereocenters. The Morgan fingerprint density at radius 2 is 2.29 bits per heavy atom. The smallest absolute Gasteiger partial charge is 0.0434 e. The molecule has 2 rings (SSSR count). The summed E-state index contributed by atoms with van der Waals surface area (Å²) in [7, 11) is 2.05. The van der Waals surface area contributed by atoms with Crippen LogP contribution in [0.4, 0.5) is 0 Å². The van der Waals surface area contributed by atoms with E-state index in [1.807, 2.05) is 0 Å². The molecule has 2 unspecified atom stereocenters. The lowest BCUT2D eigenvalue weighted by molar-refractivity contribution is 0.143. The third-order valence-corrected chi connectivity index (χ3v) is 4.67. The Morgan fingerprint density at radius 3 is 3.00 bits per heavy atom. The summed E-state index contributed by atoms with van der Waals surface area (Å²) in [5.74, 6) is 0.691. The van der Waals surface area contributed by atoms with Crippen molar-refractivity contribution in [3.8, 4) is 0 Å². The summed E-state index contributed by atoms with van der Waals surface area (Å²) in [6.07, 6.45) is 4.67. The number of piperidine rings is 1. The molecule has 2 N–H and O–H groups in total.